The fraction of sp³-hybridized carbons (Fsp3) is 0.400. The highest BCUT2D eigenvalue weighted by molar-refractivity contribution is 5.85. The lowest BCUT2D eigenvalue weighted by molar-refractivity contribution is -0.121. The van der Waals surface area contributed by atoms with Crippen LogP contribution >= 0.6 is 12.4 Å². The lowest BCUT2D eigenvalue weighted by Crippen LogP contribution is -2.41. The Balaban J connectivity index is 0.00000264. The Morgan fingerprint density at radius 2 is 1.91 bits per heavy atom. The van der Waals surface area contributed by atoms with Gasteiger partial charge in [0.15, 0.2) is 0 Å². The minimum atomic E-state index is -0.581. The average molecular weight is 341 g/mol. The van der Waals surface area contributed by atoms with Crippen molar-refractivity contribution in [1.82, 2.24) is 20.2 Å². The van der Waals surface area contributed by atoms with Crippen LogP contribution in [0.4, 0.5) is 0 Å². The Kier molecular flexibility index (Phi) is 7.50. The zero-order valence-corrected chi connectivity index (χ0v) is 13.7. The summed E-state index contributed by atoms with van der Waals surface area (Å²) < 4.78 is 0.914. The molecule has 0 saturated heterocycles. The first-order chi connectivity index (χ1) is 10.6. The van der Waals surface area contributed by atoms with Crippen LogP contribution in [0.5, 0.6) is 0 Å². The number of carbonyl (C=O) groups is 1. The zero-order valence-electron chi connectivity index (χ0n) is 12.9. The molecular formula is C15H21ClN4O3. The first kappa shape index (κ1) is 18.9. The Bertz CT molecular complexity index is 769. The van der Waals surface area contributed by atoms with E-state index < -0.39 is 11.2 Å². The molecule has 1 aromatic carbocycles. The quantitative estimate of drug-likeness (QED) is 0.629. The summed E-state index contributed by atoms with van der Waals surface area (Å²) in [6, 6.07) is 6.72. The molecule has 0 unspecified atom stereocenters. The number of fused-ring (bicyclic) bond motifs is 1. The van der Waals surface area contributed by atoms with Crippen molar-refractivity contribution in [2.24, 2.45) is 0 Å². The van der Waals surface area contributed by atoms with Gasteiger partial charge in [-0.2, -0.15) is 0 Å². The molecule has 0 bridgehead atoms. The Hall–Kier alpha value is -2.12. The second-order valence-electron chi connectivity index (χ2n) is 4.97. The van der Waals surface area contributed by atoms with Gasteiger partial charge in [0.05, 0.1) is 10.9 Å². The third-order valence-corrected chi connectivity index (χ3v) is 3.24. The molecule has 0 radical (unpaired) electrons. The smallest absolute Gasteiger partial charge is 0.329 e. The molecule has 3 N–H and O–H groups in total. The zero-order chi connectivity index (χ0) is 15.9. The number of aromatic amines is 1. The summed E-state index contributed by atoms with van der Waals surface area (Å²) in [4.78, 5) is 38.6. The Morgan fingerprint density at radius 3 is 2.65 bits per heavy atom. The minimum absolute atomic E-state index is 0. The molecule has 8 heteroatoms. The molecule has 126 valence electrons. The number of nitrogens with one attached hydrogen (secondary N) is 3. The number of hydrogen-bond donors (Lipinski definition) is 3. The third kappa shape index (κ3) is 4.94. The molecule has 0 spiro atoms. The summed E-state index contributed by atoms with van der Waals surface area (Å²) in [5.74, 6) is -0.360. The maximum atomic E-state index is 12.3. The highest BCUT2D eigenvalue weighted by atomic mass is 35.5. The second-order valence-corrected chi connectivity index (χ2v) is 4.97. The number of halogens is 1. The fourth-order valence-electron chi connectivity index (χ4n) is 2.13. The van der Waals surface area contributed by atoms with E-state index in [2.05, 4.69) is 22.5 Å². The number of carbonyl (C=O) groups excluding carboxylic acids is 1. The van der Waals surface area contributed by atoms with Gasteiger partial charge in [-0.3, -0.25) is 14.2 Å². The molecule has 1 amide bonds. The normalized spacial score (nSPS) is 10.3. The van der Waals surface area contributed by atoms with E-state index >= 15 is 0 Å². The van der Waals surface area contributed by atoms with Gasteiger partial charge in [-0.05, 0) is 25.1 Å². The second kappa shape index (κ2) is 9.12. The lowest BCUT2D eigenvalue weighted by Gasteiger charge is -2.08. The van der Waals surface area contributed by atoms with Gasteiger partial charge in [0.2, 0.25) is 5.91 Å². The van der Waals surface area contributed by atoms with E-state index in [0.29, 0.717) is 24.0 Å². The molecule has 7 nitrogen and oxygen atoms in total. The average Bonchev–Trinajstić information content (AvgIpc) is 2.51. The maximum absolute atomic E-state index is 12.3. The molecule has 0 aliphatic heterocycles. The molecule has 0 atom stereocenters. The van der Waals surface area contributed by atoms with Gasteiger partial charge in [-0.1, -0.05) is 19.1 Å². The summed E-state index contributed by atoms with van der Waals surface area (Å²) >= 11 is 0. The molecule has 0 aliphatic rings. The Labute approximate surface area is 139 Å². The van der Waals surface area contributed by atoms with Crippen molar-refractivity contribution in [3.05, 3.63) is 45.1 Å². The van der Waals surface area contributed by atoms with E-state index in [1.807, 2.05) is 0 Å². The highest BCUT2D eigenvalue weighted by Crippen LogP contribution is 2.02. The maximum Gasteiger partial charge on any atom is 0.329 e. The van der Waals surface area contributed by atoms with Crippen LogP contribution < -0.4 is 21.9 Å². The first-order valence-corrected chi connectivity index (χ1v) is 7.32. The number of rotatable bonds is 7. The van der Waals surface area contributed by atoms with E-state index in [-0.39, 0.29) is 24.9 Å². The van der Waals surface area contributed by atoms with Gasteiger partial charge in [0.25, 0.3) is 5.56 Å². The van der Waals surface area contributed by atoms with Crippen LogP contribution in [-0.2, 0) is 11.3 Å². The fourth-order valence-corrected chi connectivity index (χ4v) is 2.13. The summed E-state index contributed by atoms with van der Waals surface area (Å²) in [7, 11) is 0. The topological polar surface area (TPSA) is 96.0 Å². The van der Waals surface area contributed by atoms with E-state index in [1.165, 1.54) is 0 Å². The number of para-hydroxylation sites is 1. The van der Waals surface area contributed by atoms with Crippen molar-refractivity contribution in [2.45, 2.75) is 19.9 Å². The minimum Gasteiger partial charge on any atom is -0.353 e. The number of benzene rings is 1. The van der Waals surface area contributed by atoms with Crippen LogP contribution in [0.25, 0.3) is 10.9 Å². The number of nitrogens with zero attached hydrogens (tertiary/aromatic N) is 1. The Morgan fingerprint density at radius 1 is 1.17 bits per heavy atom. The standard InChI is InChI=1S/C15H20N4O3.ClH/c1-2-7-16-8-9-17-13(20)10-19-14(21)11-5-3-4-6-12(11)18-15(19)22;/h3-6,16H,2,7-10H2,1H3,(H,17,20)(H,18,22);1H. The van der Waals surface area contributed by atoms with Crippen LogP contribution in [0.15, 0.2) is 33.9 Å². The summed E-state index contributed by atoms with van der Waals surface area (Å²) in [6.45, 7) is 3.78. The van der Waals surface area contributed by atoms with Crippen LogP contribution in [0.3, 0.4) is 0 Å². The predicted octanol–water partition coefficient (Wildman–Crippen LogP) is 0.227. The molecule has 0 fully saturated rings. The largest absolute Gasteiger partial charge is 0.353 e. The van der Waals surface area contributed by atoms with E-state index in [1.54, 1.807) is 24.3 Å². The molecule has 0 saturated carbocycles. The number of aromatic nitrogens is 2. The molecule has 1 aromatic heterocycles. The van der Waals surface area contributed by atoms with Crippen molar-refractivity contribution in [2.75, 3.05) is 19.6 Å². The van der Waals surface area contributed by atoms with E-state index in [4.69, 9.17) is 0 Å². The van der Waals surface area contributed by atoms with Gasteiger partial charge in [-0.15, -0.1) is 12.4 Å². The summed E-state index contributed by atoms with van der Waals surface area (Å²) in [6.07, 6.45) is 1.02. The van der Waals surface area contributed by atoms with Gasteiger partial charge in [-0.25, -0.2) is 4.79 Å². The monoisotopic (exact) mass is 340 g/mol. The van der Waals surface area contributed by atoms with Crippen molar-refractivity contribution in [3.63, 3.8) is 0 Å². The molecule has 1 heterocycles. The van der Waals surface area contributed by atoms with E-state index in [0.717, 1.165) is 17.5 Å². The van der Waals surface area contributed by atoms with Gasteiger partial charge in [0, 0.05) is 13.1 Å². The predicted molar refractivity (Wildman–Crippen MR) is 92.2 cm³/mol. The highest BCUT2D eigenvalue weighted by Gasteiger charge is 2.10. The van der Waals surface area contributed by atoms with Crippen LogP contribution in [0.1, 0.15) is 13.3 Å². The molecular weight excluding hydrogens is 320 g/mol. The van der Waals surface area contributed by atoms with Gasteiger partial charge >= 0.3 is 5.69 Å². The van der Waals surface area contributed by atoms with Crippen LogP contribution in [0, 0.1) is 0 Å². The van der Waals surface area contributed by atoms with Crippen LogP contribution in [-0.4, -0.2) is 35.1 Å². The van der Waals surface area contributed by atoms with Crippen molar-refractivity contribution < 1.29 is 4.79 Å². The van der Waals surface area contributed by atoms with E-state index in [9.17, 15) is 14.4 Å². The summed E-state index contributed by atoms with van der Waals surface area (Å²) in [5.41, 5.74) is -0.570. The van der Waals surface area contributed by atoms with Crippen molar-refractivity contribution >= 4 is 29.2 Å². The first-order valence-electron chi connectivity index (χ1n) is 7.32. The number of H-pyrrole nitrogens is 1. The number of hydrogen-bond acceptors (Lipinski definition) is 4. The number of amides is 1. The summed E-state index contributed by atoms with van der Waals surface area (Å²) in [5, 5.41) is 6.22. The lowest BCUT2D eigenvalue weighted by atomic mass is 10.2. The molecule has 2 rings (SSSR count). The van der Waals surface area contributed by atoms with Crippen molar-refractivity contribution in [3.8, 4) is 0 Å². The van der Waals surface area contributed by atoms with Gasteiger partial charge < -0.3 is 15.6 Å². The van der Waals surface area contributed by atoms with Crippen LogP contribution in [0.2, 0.25) is 0 Å². The van der Waals surface area contributed by atoms with Gasteiger partial charge in [0.1, 0.15) is 6.54 Å². The molecule has 2 aromatic rings. The SMILES string of the molecule is CCCNCCNC(=O)Cn1c(=O)[nH]c2ccccc2c1=O.Cl. The molecule has 0 aliphatic carbocycles. The molecule has 23 heavy (non-hydrogen) atoms. The van der Waals surface area contributed by atoms with Crippen molar-refractivity contribution in [1.29, 1.82) is 0 Å². The third-order valence-electron chi connectivity index (χ3n) is 3.24.